The van der Waals surface area contributed by atoms with Crippen LogP contribution in [-0.4, -0.2) is 41.8 Å². The van der Waals surface area contributed by atoms with Gasteiger partial charge < -0.3 is 0 Å². The van der Waals surface area contributed by atoms with E-state index in [0.29, 0.717) is 25.0 Å². The van der Waals surface area contributed by atoms with Crippen LogP contribution in [0.15, 0.2) is 6.20 Å². The van der Waals surface area contributed by atoms with Crippen LogP contribution in [0, 0.1) is 0 Å². The zero-order chi connectivity index (χ0) is 14.9. The first kappa shape index (κ1) is 15.5. The number of aromatic nitrogens is 2. The molecule has 0 radical (unpaired) electrons. The van der Waals surface area contributed by atoms with Crippen LogP contribution in [0.2, 0.25) is 0 Å². The third kappa shape index (κ3) is 3.23. The Morgan fingerprint density at radius 2 is 1.95 bits per heavy atom. The Labute approximate surface area is 122 Å². The Morgan fingerprint density at radius 3 is 2.35 bits per heavy atom. The summed E-state index contributed by atoms with van der Waals surface area (Å²) in [5.41, 5.74) is 2.49. The molecule has 114 valence electrons. The van der Waals surface area contributed by atoms with E-state index < -0.39 is 10.0 Å². The van der Waals surface area contributed by atoms with E-state index in [2.05, 4.69) is 31.6 Å². The van der Waals surface area contributed by atoms with E-state index in [0.717, 1.165) is 19.3 Å². The van der Waals surface area contributed by atoms with E-state index in [9.17, 15) is 8.42 Å². The van der Waals surface area contributed by atoms with Crippen molar-refractivity contribution in [3.05, 3.63) is 17.5 Å². The number of aryl methyl sites for hydroxylation is 1. The molecule has 0 atom stereocenters. The van der Waals surface area contributed by atoms with Crippen LogP contribution in [0.4, 0.5) is 0 Å². The first-order chi connectivity index (χ1) is 9.32. The van der Waals surface area contributed by atoms with Crippen LogP contribution in [0.3, 0.4) is 0 Å². The highest BCUT2D eigenvalue weighted by molar-refractivity contribution is 7.88. The van der Waals surface area contributed by atoms with Crippen LogP contribution >= 0.6 is 0 Å². The maximum atomic E-state index is 11.5. The normalized spacial score (nSPS) is 18.9. The predicted molar refractivity (Wildman–Crippen MR) is 80.4 cm³/mol. The van der Waals surface area contributed by atoms with Gasteiger partial charge in [-0.1, -0.05) is 20.8 Å². The quantitative estimate of drug-likeness (QED) is 0.856. The molecule has 2 heterocycles. The molecular weight excluding hydrogens is 274 g/mol. The van der Waals surface area contributed by atoms with Gasteiger partial charge >= 0.3 is 0 Å². The molecule has 0 aromatic carbocycles. The van der Waals surface area contributed by atoms with Crippen LogP contribution in [-0.2, 0) is 16.4 Å². The topological polar surface area (TPSA) is 55.2 Å². The summed E-state index contributed by atoms with van der Waals surface area (Å²) >= 11 is 0. The monoisotopic (exact) mass is 299 g/mol. The van der Waals surface area contributed by atoms with E-state index >= 15 is 0 Å². The smallest absolute Gasteiger partial charge is 0.211 e. The maximum Gasteiger partial charge on any atom is 0.211 e. The largest absolute Gasteiger partial charge is 0.269 e. The maximum absolute atomic E-state index is 11.5. The van der Waals surface area contributed by atoms with Gasteiger partial charge in [0.25, 0.3) is 0 Å². The zero-order valence-corrected chi connectivity index (χ0v) is 13.7. The van der Waals surface area contributed by atoms with Gasteiger partial charge in [-0.15, -0.1) is 0 Å². The lowest BCUT2D eigenvalue weighted by molar-refractivity contribution is 0.261. The third-order valence-corrected chi connectivity index (χ3v) is 5.34. The average molecular weight is 299 g/mol. The zero-order valence-electron chi connectivity index (χ0n) is 12.8. The van der Waals surface area contributed by atoms with Crippen molar-refractivity contribution < 1.29 is 8.42 Å². The Balaban J connectivity index is 2.11. The number of nitrogens with zero attached hydrogens (tertiary/aromatic N) is 3. The number of piperidine rings is 1. The molecule has 0 bridgehead atoms. The fourth-order valence-corrected chi connectivity index (χ4v) is 3.70. The second-order valence-electron chi connectivity index (χ2n) is 5.92. The average Bonchev–Trinajstić information content (AvgIpc) is 2.82. The minimum Gasteiger partial charge on any atom is -0.269 e. The van der Waals surface area contributed by atoms with Crippen molar-refractivity contribution in [2.75, 3.05) is 19.3 Å². The second kappa shape index (κ2) is 5.85. The predicted octanol–water partition coefficient (Wildman–Crippen LogP) is 2.17. The summed E-state index contributed by atoms with van der Waals surface area (Å²) in [6.45, 7) is 7.68. The molecule has 1 aliphatic heterocycles. The third-order valence-electron chi connectivity index (χ3n) is 4.03. The van der Waals surface area contributed by atoms with Crippen LogP contribution in [0.25, 0.3) is 0 Å². The molecule has 5 nitrogen and oxygen atoms in total. The van der Waals surface area contributed by atoms with Crippen molar-refractivity contribution in [3.63, 3.8) is 0 Å². The van der Waals surface area contributed by atoms with E-state index in [1.54, 1.807) is 4.31 Å². The van der Waals surface area contributed by atoms with Crippen molar-refractivity contribution in [2.24, 2.45) is 0 Å². The molecule has 1 aliphatic rings. The van der Waals surface area contributed by atoms with Crippen molar-refractivity contribution >= 4 is 10.0 Å². The molecule has 1 fully saturated rings. The number of hydrogen-bond acceptors (Lipinski definition) is 3. The lowest BCUT2D eigenvalue weighted by Crippen LogP contribution is -2.38. The molecule has 1 saturated heterocycles. The van der Waals surface area contributed by atoms with Gasteiger partial charge in [-0.3, -0.25) is 4.68 Å². The van der Waals surface area contributed by atoms with Crippen LogP contribution in [0.1, 0.15) is 56.8 Å². The summed E-state index contributed by atoms with van der Waals surface area (Å²) < 4.78 is 26.7. The summed E-state index contributed by atoms with van der Waals surface area (Å²) in [5, 5.41) is 4.74. The molecule has 1 aromatic rings. The minimum absolute atomic E-state index is 0.325. The van der Waals surface area contributed by atoms with Gasteiger partial charge in [-0.2, -0.15) is 5.10 Å². The summed E-state index contributed by atoms with van der Waals surface area (Å²) in [7, 11) is -3.05. The fraction of sp³-hybridized carbons (Fsp3) is 0.786. The molecule has 20 heavy (non-hydrogen) atoms. The lowest BCUT2D eigenvalue weighted by Gasteiger charge is -2.30. The molecule has 2 rings (SSSR count). The SMILES string of the molecule is CCc1cn(C2CCN(S(C)(=O)=O)CC2)nc1C(C)C. The molecule has 0 unspecified atom stereocenters. The second-order valence-corrected chi connectivity index (χ2v) is 7.90. The van der Waals surface area contributed by atoms with Crippen molar-refractivity contribution in [1.82, 2.24) is 14.1 Å². The summed E-state index contributed by atoms with van der Waals surface area (Å²) in [4.78, 5) is 0. The van der Waals surface area contributed by atoms with E-state index in [1.165, 1.54) is 17.5 Å². The Morgan fingerprint density at radius 1 is 1.35 bits per heavy atom. The molecule has 1 aromatic heterocycles. The van der Waals surface area contributed by atoms with Gasteiger partial charge in [0.05, 0.1) is 18.0 Å². The van der Waals surface area contributed by atoms with Crippen molar-refractivity contribution in [2.45, 2.75) is 52.0 Å². The first-order valence-electron chi connectivity index (χ1n) is 7.36. The molecule has 0 N–H and O–H groups in total. The number of sulfonamides is 1. The van der Waals surface area contributed by atoms with Gasteiger partial charge in [0.1, 0.15) is 0 Å². The summed E-state index contributed by atoms with van der Waals surface area (Å²) in [6, 6.07) is 0.325. The number of rotatable bonds is 4. The van der Waals surface area contributed by atoms with Gasteiger partial charge in [0.15, 0.2) is 0 Å². The highest BCUT2D eigenvalue weighted by Gasteiger charge is 2.27. The van der Waals surface area contributed by atoms with Crippen molar-refractivity contribution in [3.8, 4) is 0 Å². The van der Waals surface area contributed by atoms with Crippen LogP contribution in [0.5, 0.6) is 0 Å². The first-order valence-corrected chi connectivity index (χ1v) is 9.20. The molecular formula is C14H25N3O2S. The highest BCUT2D eigenvalue weighted by atomic mass is 32.2. The Bertz CT molecular complexity index is 555. The van der Waals surface area contributed by atoms with Gasteiger partial charge in [-0.25, -0.2) is 12.7 Å². The fourth-order valence-electron chi connectivity index (χ4n) is 2.83. The molecule has 6 heteroatoms. The molecule has 0 amide bonds. The molecule has 0 aliphatic carbocycles. The lowest BCUT2D eigenvalue weighted by atomic mass is 10.0. The Hall–Kier alpha value is -0.880. The molecule has 0 saturated carbocycles. The number of hydrogen-bond donors (Lipinski definition) is 0. The summed E-state index contributed by atoms with van der Waals surface area (Å²) in [5.74, 6) is 0.433. The van der Waals surface area contributed by atoms with Gasteiger partial charge in [-0.05, 0) is 30.7 Å². The van der Waals surface area contributed by atoms with Crippen LogP contribution < -0.4 is 0 Å². The van der Waals surface area contributed by atoms with E-state index in [4.69, 9.17) is 5.10 Å². The minimum atomic E-state index is -3.05. The van der Waals surface area contributed by atoms with Gasteiger partial charge in [0.2, 0.25) is 10.0 Å². The standard InChI is InChI=1S/C14H25N3O2S/c1-5-12-10-17(15-14(12)11(2)3)13-6-8-16(9-7-13)20(4,18)19/h10-11,13H,5-9H2,1-4H3. The van der Waals surface area contributed by atoms with Crippen molar-refractivity contribution in [1.29, 1.82) is 0 Å². The van der Waals surface area contributed by atoms with E-state index in [1.807, 2.05) is 0 Å². The van der Waals surface area contributed by atoms with E-state index in [-0.39, 0.29) is 0 Å². The Kier molecular flexibility index (Phi) is 4.54. The molecule has 0 spiro atoms. The van der Waals surface area contributed by atoms with Gasteiger partial charge in [0, 0.05) is 19.3 Å². The highest BCUT2D eigenvalue weighted by Crippen LogP contribution is 2.26. The summed E-state index contributed by atoms with van der Waals surface area (Å²) in [6.07, 6.45) is 6.12.